The molecule has 1 aliphatic rings. The molecule has 1 aromatic rings. The molecule has 1 aromatic heterocycles. The molecule has 0 spiro atoms. The third kappa shape index (κ3) is 2.72. The Hall–Kier alpha value is -1.38. The molecule has 0 bridgehead atoms. The van der Waals surface area contributed by atoms with Crippen molar-refractivity contribution >= 4 is 33.9 Å². The van der Waals surface area contributed by atoms with Crippen molar-refractivity contribution in [3.8, 4) is 6.07 Å². The Morgan fingerprint density at radius 2 is 2.35 bits per heavy atom. The number of thiophene rings is 1. The van der Waals surface area contributed by atoms with Crippen molar-refractivity contribution in [1.29, 1.82) is 5.26 Å². The van der Waals surface area contributed by atoms with E-state index in [9.17, 15) is 10.1 Å². The maximum atomic E-state index is 12.0. The summed E-state index contributed by atoms with van der Waals surface area (Å²) in [5, 5.41) is 12.4. The zero-order valence-electron chi connectivity index (χ0n) is 11.7. The van der Waals surface area contributed by atoms with E-state index in [0.29, 0.717) is 5.57 Å². The Labute approximate surface area is 127 Å². The Morgan fingerprint density at radius 1 is 1.60 bits per heavy atom. The minimum atomic E-state index is -0.360. The zero-order chi connectivity index (χ0) is 14.7. The molecule has 0 N–H and O–H groups in total. The van der Waals surface area contributed by atoms with Crippen molar-refractivity contribution < 1.29 is 4.79 Å². The maximum Gasteiger partial charge on any atom is 0.158 e. The lowest BCUT2D eigenvalue weighted by Crippen LogP contribution is -2.27. The molecular weight excluding hydrogens is 288 g/mol. The van der Waals surface area contributed by atoms with Crippen LogP contribution in [-0.2, 0) is 4.79 Å². The summed E-state index contributed by atoms with van der Waals surface area (Å²) in [6.45, 7) is 5.46. The number of nitriles is 1. The predicted octanol–water partition coefficient (Wildman–Crippen LogP) is 4.00. The molecule has 0 radical (unpaired) electrons. The van der Waals surface area contributed by atoms with E-state index in [4.69, 9.17) is 0 Å². The van der Waals surface area contributed by atoms with E-state index in [1.807, 2.05) is 31.4 Å². The summed E-state index contributed by atoms with van der Waals surface area (Å²) in [6.07, 6.45) is 0. The number of hydrogen-bond donors (Lipinski definition) is 0. The maximum absolute atomic E-state index is 12.0. The molecule has 2 unspecified atom stereocenters. The quantitative estimate of drug-likeness (QED) is 0.848. The highest BCUT2D eigenvalue weighted by atomic mass is 32.2. The summed E-state index contributed by atoms with van der Waals surface area (Å²) < 4.78 is 0. The number of rotatable bonds is 3. The molecule has 0 fully saturated rings. The number of nitrogens with zero attached hydrogens (tertiary/aromatic N) is 2. The summed E-state index contributed by atoms with van der Waals surface area (Å²) in [7, 11) is 0. The molecule has 3 nitrogen and oxygen atoms in total. The normalized spacial score (nSPS) is 22.4. The van der Waals surface area contributed by atoms with Crippen LogP contribution in [0.1, 0.15) is 31.6 Å². The van der Waals surface area contributed by atoms with Gasteiger partial charge in [0.25, 0.3) is 0 Å². The lowest BCUT2D eigenvalue weighted by Gasteiger charge is -2.28. The number of aliphatic imine (C=N–C) groups is 1. The van der Waals surface area contributed by atoms with Gasteiger partial charge in [-0.25, -0.2) is 4.99 Å². The third-order valence-corrected chi connectivity index (χ3v) is 5.12. The van der Waals surface area contributed by atoms with Gasteiger partial charge in [0.05, 0.1) is 11.1 Å². The first-order valence-corrected chi connectivity index (χ1v) is 8.32. The summed E-state index contributed by atoms with van der Waals surface area (Å²) in [6, 6.07) is 6.30. The SMILES string of the molecule is CCSC1=NC(C)=C(C(C)=O)C(c2cccs2)C1C#N. The van der Waals surface area contributed by atoms with Crippen LogP contribution in [0.25, 0.3) is 0 Å². The number of allylic oxidation sites excluding steroid dienone is 2. The van der Waals surface area contributed by atoms with Crippen LogP contribution in [0.3, 0.4) is 0 Å². The van der Waals surface area contributed by atoms with Crippen LogP contribution in [0.2, 0.25) is 0 Å². The summed E-state index contributed by atoms with van der Waals surface area (Å²) >= 11 is 3.18. The molecule has 0 aliphatic carbocycles. The van der Waals surface area contributed by atoms with Gasteiger partial charge >= 0.3 is 0 Å². The number of Topliss-reactive ketones (excluding diaryl/α,β-unsaturated/α-hetero) is 1. The van der Waals surface area contributed by atoms with Gasteiger partial charge in [-0.15, -0.1) is 23.1 Å². The number of carbonyl (C=O) groups excluding carboxylic acids is 1. The van der Waals surface area contributed by atoms with Gasteiger partial charge in [-0.1, -0.05) is 13.0 Å². The molecule has 20 heavy (non-hydrogen) atoms. The van der Waals surface area contributed by atoms with E-state index in [1.54, 1.807) is 30.0 Å². The van der Waals surface area contributed by atoms with Crippen LogP contribution in [-0.4, -0.2) is 16.6 Å². The minimum absolute atomic E-state index is 0.00504. The van der Waals surface area contributed by atoms with Crippen molar-refractivity contribution in [2.24, 2.45) is 10.9 Å². The van der Waals surface area contributed by atoms with E-state index < -0.39 is 0 Å². The van der Waals surface area contributed by atoms with Crippen LogP contribution < -0.4 is 0 Å². The first-order valence-electron chi connectivity index (χ1n) is 6.46. The van der Waals surface area contributed by atoms with Gasteiger partial charge in [-0.05, 0) is 31.0 Å². The Balaban J connectivity index is 2.58. The number of ketones is 1. The first-order chi connectivity index (χ1) is 9.60. The minimum Gasteiger partial charge on any atom is -0.295 e. The molecule has 0 saturated heterocycles. The fraction of sp³-hybridized carbons (Fsp3) is 0.400. The highest BCUT2D eigenvalue weighted by Crippen LogP contribution is 2.42. The zero-order valence-corrected chi connectivity index (χ0v) is 13.3. The van der Waals surface area contributed by atoms with Crippen molar-refractivity contribution in [2.45, 2.75) is 26.7 Å². The van der Waals surface area contributed by atoms with Crippen molar-refractivity contribution in [2.75, 3.05) is 5.75 Å². The molecule has 0 aromatic carbocycles. The molecule has 2 atom stereocenters. The fourth-order valence-corrected chi connectivity index (χ4v) is 4.22. The average Bonchev–Trinajstić information content (AvgIpc) is 2.91. The van der Waals surface area contributed by atoms with Gasteiger partial charge in [0, 0.05) is 22.1 Å². The third-order valence-electron chi connectivity index (χ3n) is 3.24. The van der Waals surface area contributed by atoms with E-state index >= 15 is 0 Å². The summed E-state index contributed by atoms with van der Waals surface area (Å²) in [4.78, 5) is 17.6. The van der Waals surface area contributed by atoms with Crippen molar-refractivity contribution in [1.82, 2.24) is 0 Å². The number of thioether (sulfide) groups is 1. The Morgan fingerprint density at radius 3 is 2.85 bits per heavy atom. The second-order valence-corrected chi connectivity index (χ2v) is 6.80. The molecule has 5 heteroatoms. The smallest absolute Gasteiger partial charge is 0.158 e. The highest BCUT2D eigenvalue weighted by molar-refractivity contribution is 8.14. The second-order valence-electron chi connectivity index (χ2n) is 4.54. The average molecular weight is 304 g/mol. The molecule has 0 saturated carbocycles. The van der Waals surface area contributed by atoms with Crippen molar-refractivity contribution in [3.63, 3.8) is 0 Å². The molecule has 2 heterocycles. The molecular formula is C15H16N2OS2. The molecule has 2 rings (SSSR count). The molecule has 1 aliphatic heterocycles. The van der Waals surface area contributed by atoms with Gasteiger partial charge in [-0.3, -0.25) is 4.79 Å². The van der Waals surface area contributed by atoms with Crippen LogP contribution >= 0.6 is 23.1 Å². The van der Waals surface area contributed by atoms with Gasteiger partial charge in [0.2, 0.25) is 0 Å². The van der Waals surface area contributed by atoms with Crippen LogP contribution in [0.15, 0.2) is 33.8 Å². The number of hydrogen-bond acceptors (Lipinski definition) is 5. The summed E-state index contributed by atoms with van der Waals surface area (Å²) in [5.41, 5.74) is 1.43. The fourth-order valence-electron chi connectivity index (χ4n) is 2.48. The van der Waals surface area contributed by atoms with Crippen LogP contribution in [0, 0.1) is 17.2 Å². The van der Waals surface area contributed by atoms with Gasteiger partial charge in [0.1, 0.15) is 5.92 Å². The molecule has 0 amide bonds. The van der Waals surface area contributed by atoms with E-state index in [2.05, 4.69) is 11.1 Å². The Kier molecular flexibility index (Phi) is 4.79. The monoisotopic (exact) mass is 304 g/mol. The van der Waals surface area contributed by atoms with Gasteiger partial charge in [0.15, 0.2) is 5.78 Å². The standard InChI is InChI=1S/C15H16N2OS2/c1-4-19-15-11(8-16)14(12-6-5-7-20-12)13(10(3)18)9(2)17-15/h5-7,11,14H,4H2,1-3H3. The lowest BCUT2D eigenvalue weighted by atomic mass is 9.81. The predicted molar refractivity (Wildman–Crippen MR) is 85.1 cm³/mol. The first kappa shape index (κ1) is 15.0. The van der Waals surface area contributed by atoms with E-state index in [1.165, 1.54) is 0 Å². The van der Waals surface area contributed by atoms with Crippen molar-refractivity contribution in [3.05, 3.63) is 33.7 Å². The lowest BCUT2D eigenvalue weighted by molar-refractivity contribution is -0.114. The second kappa shape index (κ2) is 6.38. The van der Waals surface area contributed by atoms with Gasteiger partial charge in [-0.2, -0.15) is 5.26 Å². The van der Waals surface area contributed by atoms with Gasteiger partial charge < -0.3 is 0 Å². The Bertz CT molecular complexity index is 608. The van der Waals surface area contributed by atoms with E-state index in [-0.39, 0.29) is 17.6 Å². The number of carbonyl (C=O) groups is 1. The highest BCUT2D eigenvalue weighted by Gasteiger charge is 2.37. The van der Waals surface area contributed by atoms with E-state index in [0.717, 1.165) is 21.4 Å². The molecule has 104 valence electrons. The topological polar surface area (TPSA) is 53.2 Å². The summed E-state index contributed by atoms with van der Waals surface area (Å²) in [5.74, 6) is 0.340. The van der Waals surface area contributed by atoms with Crippen LogP contribution in [0.4, 0.5) is 0 Å². The van der Waals surface area contributed by atoms with Crippen LogP contribution in [0.5, 0.6) is 0 Å². The largest absolute Gasteiger partial charge is 0.295 e.